The molecule has 0 saturated carbocycles. The maximum absolute atomic E-state index is 13.1. The molecule has 5 rings (SSSR count). The number of nitrogens with zero attached hydrogens (tertiary/aromatic N) is 2. The molecule has 0 spiro atoms. The number of sulfonamides is 1. The first-order valence-electron chi connectivity index (χ1n) is 10.7. The Morgan fingerprint density at radius 1 is 1.08 bits per heavy atom. The van der Waals surface area contributed by atoms with Gasteiger partial charge >= 0.3 is 6.03 Å². The number of amides is 4. The minimum atomic E-state index is -4.07. The highest BCUT2D eigenvalue weighted by molar-refractivity contribution is 7.92. The first-order chi connectivity index (χ1) is 17.2. The summed E-state index contributed by atoms with van der Waals surface area (Å²) in [5, 5.41) is 5.59. The van der Waals surface area contributed by atoms with Crippen LogP contribution in [-0.4, -0.2) is 45.2 Å². The van der Waals surface area contributed by atoms with Crippen molar-refractivity contribution in [3.8, 4) is 0 Å². The van der Waals surface area contributed by atoms with Gasteiger partial charge in [-0.05, 0) is 54.1 Å². The molecule has 0 atom stereocenters. The molecule has 0 saturated heterocycles. The summed E-state index contributed by atoms with van der Waals surface area (Å²) in [5.74, 6) is -0.0855. The summed E-state index contributed by atoms with van der Waals surface area (Å²) < 4.78 is 26.6. The number of hydrogen-bond acceptors (Lipinski definition) is 8. The Morgan fingerprint density at radius 3 is 2.53 bits per heavy atom. The Labute approximate surface area is 215 Å². The monoisotopic (exact) mass is 543 g/mol. The summed E-state index contributed by atoms with van der Waals surface area (Å²) in [6, 6.07) is 13.0. The van der Waals surface area contributed by atoms with Crippen LogP contribution < -0.4 is 20.3 Å². The first kappa shape index (κ1) is 24.0. The van der Waals surface area contributed by atoms with Gasteiger partial charge in [-0.15, -0.1) is 11.3 Å². The van der Waals surface area contributed by atoms with Crippen molar-refractivity contribution >= 4 is 68.0 Å². The minimum Gasteiger partial charge on any atom is -0.368 e. The van der Waals surface area contributed by atoms with Crippen molar-refractivity contribution in [2.24, 2.45) is 4.99 Å². The van der Waals surface area contributed by atoms with Crippen LogP contribution in [0.1, 0.15) is 21.5 Å². The number of fused-ring (bicyclic) bond motifs is 1. The number of benzene rings is 2. The Kier molecular flexibility index (Phi) is 6.24. The molecule has 4 amide bonds. The van der Waals surface area contributed by atoms with Crippen molar-refractivity contribution in [2.75, 3.05) is 23.3 Å². The molecule has 2 aromatic carbocycles. The molecule has 0 aliphatic carbocycles. The molecule has 1 aromatic heterocycles. The fraction of sp³-hybridized carbons (Fsp3) is 0.130. The lowest BCUT2D eigenvalue weighted by molar-refractivity contribution is -0.117. The SMILES string of the molecule is O=C(Nc1ccc(N2C(=O)Cc3cc(C4=NCCN4)ccc3C2=O)cc1)NS(=O)(=O)c1ccc(Cl)s1. The Hall–Kier alpha value is -3.74. The van der Waals surface area contributed by atoms with Gasteiger partial charge in [0.25, 0.3) is 15.9 Å². The molecule has 0 unspecified atom stereocenters. The molecule has 3 N–H and O–H groups in total. The maximum Gasteiger partial charge on any atom is 0.333 e. The Morgan fingerprint density at radius 2 is 1.86 bits per heavy atom. The van der Waals surface area contributed by atoms with Crippen LogP contribution in [0.3, 0.4) is 0 Å². The van der Waals surface area contributed by atoms with Gasteiger partial charge in [-0.3, -0.25) is 14.6 Å². The number of urea groups is 1. The highest BCUT2D eigenvalue weighted by atomic mass is 35.5. The predicted molar refractivity (Wildman–Crippen MR) is 136 cm³/mol. The van der Waals surface area contributed by atoms with E-state index in [1.165, 1.54) is 36.4 Å². The fourth-order valence-corrected chi connectivity index (χ4v) is 6.28. The van der Waals surface area contributed by atoms with Crippen LogP contribution in [0, 0.1) is 0 Å². The van der Waals surface area contributed by atoms with Crippen molar-refractivity contribution in [1.82, 2.24) is 10.0 Å². The number of anilines is 2. The predicted octanol–water partition coefficient (Wildman–Crippen LogP) is 2.99. The van der Waals surface area contributed by atoms with E-state index in [4.69, 9.17) is 11.6 Å². The zero-order valence-corrected chi connectivity index (χ0v) is 20.8. The fourth-order valence-electron chi connectivity index (χ4n) is 3.89. The van der Waals surface area contributed by atoms with E-state index in [1.54, 1.807) is 12.1 Å². The van der Waals surface area contributed by atoms with Gasteiger partial charge in [0, 0.05) is 23.4 Å². The van der Waals surface area contributed by atoms with Gasteiger partial charge in [-0.25, -0.2) is 22.8 Å². The second-order valence-electron chi connectivity index (χ2n) is 7.91. The van der Waals surface area contributed by atoms with Gasteiger partial charge in [0.05, 0.1) is 23.0 Å². The number of amidine groups is 1. The van der Waals surface area contributed by atoms with Gasteiger partial charge in [0.1, 0.15) is 10.0 Å². The van der Waals surface area contributed by atoms with Gasteiger partial charge in [-0.2, -0.15) is 0 Å². The van der Waals surface area contributed by atoms with Crippen molar-refractivity contribution in [3.05, 3.63) is 75.6 Å². The third-order valence-electron chi connectivity index (χ3n) is 5.50. The molecule has 10 nitrogen and oxygen atoms in total. The number of carbonyl (C=O) groups is 3. The van der Waals surface area contributed by atoms with Crippen LogP contribution in [-0.2, 0) is 21.2 Å². The van der Waals surface area contributed by atoms with Gasteiger partial charge in [0.2, 0.25) is 5.91 Å². The zero-order valence-electron chi connectivity index (χ0n) is 18.4. The molecule has 0 bridgehead atoms. The average Bonchev–Trinajstić information content (AvgIpc) is 3.52. The third-order valence-corrected chi connectivity index (χ3v) is 8.56. The van der Waals surface area contributed by atoms with E-state index < -0.39 is 22.0 Å². The summed E-state index contributed by atoms with van der Waals surface area (Å²) in [5.41, 5.74) is 2.49. The van der Waals surface area contributed by atoms with E-state index in [9.17, 15) is 22.8 Å². The molecule has 2 aliphatic heterocycles. The number of hydrogen-bond donors (Lipinski definition) is 3. The normalized spacial score (nSPS) is 15.2. The number of rotatable bonds is 5. The van der Waals surface area contributed by atoms with Crippen molar-refractivity contribution in [2.45, 2.75) is 10.6 Å². The number of imide groups is 1. The number of thiophene rings is 1. The van der Waals surface area contributed by atoms with E-state index in [2.05, 4.69) is 15.6 Å². The number of aliphatic imine (C=N–C) groups is 1. The molecule has 2 aliphatic rings. The molecular formula is C23H18ClN5O5S2. The Bertz CT molecular complexity index is 1530. The summed E-state index contributed by atoms with van der Waals surface area (Å²) >= 11 is 6.58. The lowest BCUT2D eigenvalue weighted by atomic mass is 9.95. The molecule has 0 radical (unpaired) electrons. The van der Waals surface area contributed by atoms with E-state index in [-0.39, 0.29) is 26.6 Å². The number of halogens is 1. The number of carbonyl (C=O) groups excluding carboxylic acids is 3. The third kappa shape index (κ3) is 4.70. The Balaban J connectivity index is 1.29. The van der Waals surface area contributed by atoms with Crippen LogP contribution in [0.5, 0.6) is 0 Å². The maximum atomic E-state index is 13.1. The zero-order chi connectivity index (χ0) is 25.4. The van der Waals surface area contributed by atoms with Crippen LogP contribution in [0.4, 0.5) is 16.2 Å². The van der Waals surface area contributed by atoms with E-state index in [0.717, 1.165) is 34.2 Å². The molecule has 13 heteroatoms. The highest BCUT2D eigenvalue weighted by Gasteiger charge is 2.32. The highest BCUT2D eigenvalue weighted by Crippen LogP contribution is 2.28. The van der Waals surface area contributed by atoms with Gasteiger partial charge in [-0.1, -0.05) is 17.7 Å². The smallest absolute Gasteiger partial charge is 0.333 e. The second-order valence-corrected chi connectivity index (χ2v) is 11.5. The molecular weight excluding hydrogens is 526 g/mol. The lowest BCUT2D eigenvalue weighted by Gasteiger charge is -2.27. The second kappa shape index (κ2) is 9.37. The summed E-state index contributed by atoms with van der Waals surface area (Å²) in [6.45, 7) is 1.44. The molecule has 3 heterocycles. The molecule has 184 valence electrons. The lowest BCUT2D eigenvalue weighted by Crippen LogP contribution is -2.42. The van der Waals surface area contributed by atoms with Crippen molar-refractivity contribution < 1.29 is 22.8 Å². The van der Waals surface area contributed by atoms with Crippen molar-refractivity contribution in [3.63, 3.8) is 0 Å². The quantitative estimate of drug-likeness (QED) is 0.423. The van der Waals surface area contributed by atoms with Crippen LogP contribution in [0.15, 0.2) is 63.8 Å². The first-order valence-corrected chi connectivity index (χ1v) is 13.4. The molecule has 36 heavy (non-hydrogen) atoms. The van der Waals surface area contributed by atoms with Crippen LogP contribution in [0.2, 0.25) is 4.34 Å². The van der Waals surface area contributed by atoms with Crippen LogP contribution >= 0.6 is 22.9 Å². The molecule has 0 fully saturated rings. The van der Waals surface area contributed by atoms with E-state index in [1.807, 2.05) is 10.8 Å². The summed E-state index contributed by atoms with van der Waals surface area (Å²) in [6.07, 6.45) is 0.0508. The van der Waals surface area contributed by atoms with E-state index in [0.29, 0.717) is 23.4 Å². The van der Waals surface area contributed by atoms with Gasteiger partial charge < -0.3 is 10.6 Å². The minimum absolute atomic E-state index is 0.0508. The molecule has 3 aromatic rings. The average molecular weight is 544 g/mol. The standard InChI is InChI=1S/C23H18ClN5O5S2/c24-18-7-8-20(35-18)36(33,34)28-23(32)27-15-2-4-16(5-3-15)29-19(30)12-14-11-13(21-25-9-10-26-21)1-6-17(14)22(29)31/h1-8,11H,9-10,12H2,(H,25,26)(H2,27,28,32). The van der Waals surface area contributed by atoms with Crippen molar-refractivity contribution in [1.29, 1.82) is 0 Å². The topological polar surface area (TPSA) is 137 Å². The summed E-state index contributed by atoms with van der Waals surface area (Å²) in [4.78, 5) is 43.6. The summed E-state index contributed by atoms with van der Waals surface area (Å²) in [7, 11) is -4.07. The van der Waals surface area contributed by atoms with Crippen LogP contribution in [0.25, 0.3) is 0 Å². The van der Waals surface area contributed by atoms with Gasteiger partial charge in [0.15, 0.2) is 0 Å². The largest absolute Gasteiger partial charge is 0.368 e. The van der Waals surface area contributed by atoms with E-state index >= 15 is 0 Å². The number of nitrogens with one attached hydrogen (secondary N) is 3.